The molecular weight excluding hydrogens is 688 g/mol. The fraction of sp³-hybridized carbons (Fsp3) is 0. The predicted octanol–water partition coefficient (Wildman–Crippen LogP) is 7.22. The van der Waals surface area contributed by atoms with Crippen LogP contribution >= 0.6 is 35.8 Å². The summed E-state index contributed by atoms with van der Waals surface area (Å²) in [5.41, 5.74) is 0. The summed E-state index contributed by atoms with van der Waals surface area (Å²) < 4.78 is 13.2. The minimum Gasteiger partial charge on any atom is -0.524 e. The first-order chi connectivity index (χ1) is 17.9. The van der Waals surface area contributed by atoms with Gasteiger partial charge in [-0.05, 0) is 0 Å². The van der Waals surface area contributed by atoms with Crippen LogP contribution < -0.4 is 30.3 Å². The van der Waals surface area contributed by atoms with Gasteiger partial charge in [0.05, 0.1) is 0 Å². The zero-order valence-electron chi connectivity index (χ0n) is 19.2. The topological polar surface area (TPSA) is 18.5 Å². The molecule has 36 heavy (non-hydrogen) atoms. The molecule has 0 unspecified atom stereocenters. The Bertz CT molecular complexity index is 1130. The van der Waals surface area contributed by atoms with Gasteiger partial charge < -0.3 is 9.05 Å². The van der Waals surface area contributed by atoms with Crippen LogP contribution in [0.3, 0.4) is 0 Å². The Balaban J connectivity index is 0.00000148. The van der Waals surface area contributed by atoms with Gasteiger partial charge in [-0.3, -0.25) is 0 Å². The van der Waals surface area contributed by atoms with Crippen molar-refractivity contribution < 1.29 is 24.6 Å². The van der Waals surface area contributed by atoms with Gasteiger partial charge in [0.1, 0.15) is 16.3 Å². The smallest absolute Gasteiger partial charge is 0.133 e. The number of hydrogen-bond donors (Lipinski definition) is 0. The Morgan fingerprint density at radius 3 is 1.03 bits per heavy atom. The van der Waals surface area contributed by atoms with Crippen molar-refractivity contribution in [1.29, 1.82) is 0 Å². The fourth-order valence-corrected chi connectivity index (χ4v) is 6.93. The summed E-state index contributed by atoms with van der Waals surface area (Å²) in [6.45, 7) is 0. The number of halogens is 1. The second-order valence-electron chi connectivity index (χ2n) is 7.52. The van der Waals surface area contributed by atoms with Crippen LogP contribution in [-0.4, -0.2) is 0 Å². The van der Waals surface area contributed by atoms with E-state index in [0.717, 1.165) is 32.7 Å². The number of hydrogen-bond acceptors (Lipinski definition) is 2. The molecule has 0 saturated carbocycles. The van der Waals surface area contributed by atoms with Crippen molar-refractivity contribution in [3.63, 3.8) is 0 Å². The van der Waals surface area contributed by atoms with Gasteiger partial charge in [-0.15, -0.1) is 12.1 Å². The molecule has 0 aliphatic carbocycles. The first-order valence-electron chi connectivity index (χ1n) is 11.2. The molecule has 0 aliphatic heterocycles. The van der Waals surface area contributed by atoms with Crippen LogP contribution in [0, 0.1) is 6.07 Å². The van der Waals surface area contributed by atoms with Gasteiger partial charge in [0.2, 0.25) is 0 Å². The van der Waals surface area contributed by atoms with E-state index in [1.165, 1.54) is 0 Å². The zero-order valence-corrected chi connectivity index (χ0v) is 24.7. The molecule has 0 saturated heterocycles. The molecule has 2 nitrogen and oxygen atoms in total. The SMILES string of the molecule is [Pd+][I].[c-]1cc(OP(c2ccccc2)c2ccccc2)cc(OP(c2ccccc2)c2ccccc2)c1. The summed E-state index contributed by atoms with van der Waals surface area (Å²) in [5.74, 6) is 1.49. The average Bonchev–Trinajstić information content (AvgIpc) is 2.98. The van der Waals surface area contributed by atoms with Crippen molar-refractivity contribution in [2.24, 2.45) is 0 Å². The minimum atomic E-state index is -1.02. The minimum absolute atomic E-state index is 0.743. The van der Waals surface area contributed by atoms with Crippen LogP contribution in [-0.2, 0) is 15.6 Å². The molecule has 5 aromatic carbocycles. The Labute approximate surface area is 237 Å². The van der Waals surface area contributed by atoms with E-state index in [4.69, 9.17) is 9.05 Å². The van der Waals surface area contributed by atoms with Gasteiger partial charge in [0, 0.05) is 32.7 Å². The quantitative estimate of drug-likeness (QED) is 0.0733. The molecule has 0 amide bonds. The Kier molecular flexibility index (Phi) is 11.0. The van der Waals surface area contributed by atoms with Crippen LogP contribution in [0.5, 0.6) is 11.5 Å². The first kappa shape index (κ1) is 27.0. The molecule has 0 aliphatic rings. The second kappa shape index (κ2) is 14.6. The standard InChI is InChI=1S/C30H23O2P2.HI.Pd/c1-5-16-27(17-6-1)33(28-18-7-2-8-19-28)31-25-14-13-15-26(24-25)32-34(29-20-9-3-10-21-29)30-22-11-4-12-23-30;;/h1-12,14-24H;1H;/q-1;;+2/p-1. The van der Waals surface area contributed by atoms with Gasteiger partial charge in [0.15, 0.2) is 0 Å². The molecule has 182 valence electrons. The van der Waals surface area contributed by atoms with E-state index >= 15 is 0 Å². The molecule has 0 radical (unpaired) electrons. The molecule has 5 aromatic rings. The molecule has 0 atom stereocenters. The molecule has 0 aromatic heterocycles. The van der Waals surface area contributed by atoms with Crippen LogP contribution in [0.25, 0.3) is 0 Å². The summed E-state index contributed by atoms with van der Waals surface area (Å²) in [5, 5.41) is 4.63. The third-order valence-electron chi connectivity index (χ3n) is 5.09. The Hall–Kier alpha value is -2.05. The van der Waals surface area contributed by atoms with Crippen LogP contribution in [0.1, 0.15) is 0 Å². The van der Waals surface area contributed by atoms with E-state index in [0.29, 0.717) is 0 Å². The van der Waals surface area contributed by atoms with E-state index in [1.807, 2.05) is 62.0 Å². The Morgan fingerprint density at radius 1 is 0.472 bits per heavy atom. The van der Waals surface area contributed by atoms with Gasteiger partial charge in [-0.25, -0.2) is 0 Å². The monoisotopic (exact) mass is 710 g/mol. The van der Waals surface area contributed by atoms with Crippen LogP contribution in [0.2, 0.25) is 0 Å². The number of rotatable bonds is 8. The third-order valence-corrected chi connectivity index (χ3v) is 8.95. The van der Waals surface area contributed by atoms with Gasteiger partial charge in [0.25, 0.3) is 0 Å². The maximum atomic E-state index is 6.58. The summed E-state index contributed by atoms with van der Waals surface area (Å²) in [6, 6.07) is 50.4. The van der Waals surface area contributed by atoms with Gasteiger partial charge in [-0.1, -0.05) is 127 Å². The zero-order chi connectivity index (χ0) is 25.0. The van der Waals surface area contributed by atoms with Crippen LogP contribution in [0.15, 0.2) is 140 Å². The summed E-state index contributed by atoms with van der Waals surface area (Å²) in [7, 11) is -2.04. The molecule has 6 heteroatoms. The molecule has 0 fully saturated rings. The van der Waals surface area contributed by atoms with Crippen LogP contribution in [0.4, 0.5) is 0 Å². The van der Waals surface area contributed by atoms with Crippen molar-refractivity contribution in [2.45, 2.75) is 0 Å². The number of benzene rings is 5. The Morgan fingerprint density at radius 2 is 0.750 bits per heavy atom. The van der Waals surface area contributed by atoms with E-state index in [2.05, 4.69) is 119 Å². The van der Waals surface area contributed by atoms with E-state index in [1.54, 1.807) is 0 Å². The van der Waals surface area contributed by atoms with Crippen molar-refractivity contribution in [2.75, 3.05) is 0 Å². The normalized spacial score (nSPS) is 10.5. The van der Waals surface area contributed by atoms with E-state index in [9.17, 15) is 0 Å². The molecule has 0 N–H and O–H groups in total. The maximum Gasteiger partial charge on any atom is 0.133 e. The summed E-state index contributed by atoms with van der Waals surface area (Å²) in [6.07, 6.45) is 0. The largest absolute Gasteiger partial charge is 0.524 e. The van der Waals surface area contributed by atoms with Crippen molar-refractivity contribution in [3.8, 4) is 11.5 Å². The van der Waals surface area contributed by atoms with E-state index in [-0.39, 0.29) is 0 Å². The van der Waals surface area contributed by atoms with Crippen molar-refractivity contribution >= 4 is 57.0 Å². The van der Waals surface area contributed by atoms with Crippen molar-refractivity contribution in [3.05, 3.63) is 146 Å². The summed E-state index contributed by atoms with van der Waals surface area (Å²) in [4.78, 5) is 0. The third kappa shape index (κ3) is 7.48. The predicted molar refractivity (Wildman–Crippen MR) is 159 cm³/mol. The molecular formula is C30H23IO2P2Pd. The van der Waals surface area contributed by atoms with Gasteiger partial charge in [-0.2, -0.15) is 6.07 Å². The van der Waals surface area contributed by atoms with Gasteiger partial charge >= 0.3 is 35.1 Å². The molecule has 5 rings (SSSR count). The average molecular weight is 711 g/mol. The maximum absolute atomic E-state index is 6.58. The first-order valence-corrected chi connectivity index (χ1v) is 18.3. The second-order valence-corrected chi connectivity index (χ2v) is 11.1. The van der Waals surface area contributed by atoms with Crippen molar-refractivity contribution in [1.82, 2.24) is 0 Å². The fourth-order valence-electron chi connectivity index (χ4n) is 3.51. The summed E-state index contributed by atoms with van der Waals surface area (Å²) >= 11 is 4.72. The molecule has 0 heterocycles. The molecule has 0 spiro atoms. The molecule has 0 bridgehead atoms. The van der Waals surface area contributed by atoms with E-state index < -0.39 is 16.3 Å².